The third-order valence-electron chi connectivity index (χ3n) is 2.34. The van der Waals surface area contributed by atoms with Gasteiger partial charge in [-0.15, -0.1) is 11.6 Å². The zero-order valence-electron chi connectivity index (χ0n) is 9.52. The number of benzene rings is 1. The highest BCUT2D eigenvalue weighted by Gasteiger charge is 2.49. The summed E-state index contributed by atoms with van der Waals surface area (Å²) in [4.78, 5) is 10.9. The van der Waals surface area contributed by atoms with Crippen LogP contribution in [0.3, 0.4) is 0 Å². The van der Waals surface area contributed by atoms with Crippen molar-refractivity contribution in [2.75, 3.05) is 5.88 Å². The van der Waals surface area contributed by atoms with Crippen LogP contribution in [0.1, 0.15) is 5.56 Å². The van der Waals surface area contributed by atoms with Crippen LogP contribution >= 0.6 is 11.6 Å². The van der Waals surface area contributed by atoms with Crippen LogP contribution in [0.5, 0.6) is 0 Å². The Morgan fingerprint density at radius 1 is 1.37 bits per heavy atom. The molecule has 0 saturated carbocycles. The fourth-order valence-corrected chi connectivity index (χ4v) is 1.54. The highest BCUT2D eigenvalue weighted by Crippen LogP contribution is 2.30. The second-order valence-electron chi connectivity index (χ2n) is 3.71. The van der Waals surface area contributed by atoms with E-state index in [4.69, 9.17) is 17.3 Å². The molecule has 3 N–H and O–H groups in total. The Morgan fingerprint density at radius 2 is 1.89 bits per heavy atom. The minimum Gasteiger partial charge on any atom is -0.420 e. The first-order valence-electron chi connectivity index (χ1n) is 5.11. The van der Waals surface area contributed by atoms with Gasteiger partial charge in [0.1, 0.15) is 0 Å². The van der Waals surface area contributed by atoms with Gasteiger partial charge in [-0.25, -0.2) is 4.79 Å². The minimum atomic E-state index is -5.24. The summed E-state index contributed by atoms with van der Waals surface area (Å²) >= 11 is 5.43. The molecule has 0 fully saturated rings. The van der Waals surface area contributed by atoms with E-state index in [1.807, 2.05) is 0 Å². The van der Waals surface area contributed by atoms with Gasteiger partial charge in [-0.1, -0.05) is 30.3 Å². The lowest BCUT2D eigenvalue weighted by atomic mass is 9.99. The molecule has 1 aromatic carbocycles. The van der Waals surface area contributed by atoms with Crippen LogP contribution in [0.2, 0.25) is 0 Å². The smallest absolute Gasteiger partial charge is 0.420 e. The van der Waals surface area contributed by atoms with Crippen LogP contribution in [0.25, 0.3) is 0 Å². The fourth-order valence-electron chi connectivity index (χ4n) is 1.33. The molecule has 0 radical (unpaired) electrons. The van der Waals surface area contributed by atoms with Crippen LogP contribution in [0, 0.1) is 0 Å². The molecular weight excluding hydrogens is 287 g/mol. The summed E-state index contributed by atoms with van der Waals surface area (Å²) in [7, 11) is 0. The predicted octanol–water partition coefficient (Wildman–Crippen LogP) is 1.50. The van der Waals surface area contributed by atoms with Crippen molar-refractivity contribution in [1.82, 2.24) is 0 Å². The molecule has 0 aliphatic heterocycles. The van der Waals surface area contributed by atoms with Gasteiger partial charge in [-0.2, -0.15) is 13.2 Å². The lowest BCUT2D eigenvalue weighted by Crippen LogP contribution is -2.51. The van der Waals surface area contributed by atoms with E-state index in [-0.39, 0.29) is 5.56 Å². The molecule has 106 valence electrons. The van der Waals surface area contributed by atoms with E-state index >= 15 is 0 Å². The maximum Gasteiger partial charge on any atom is 0.491 e. The van der Waals surface area contributed by atoms with E-state index < -0.39 is 29.9 Å². The van der Waals surface area contributed by atoms with Gasteiger partial charge in [0.05, 0.1) is 6.04 Å². The van der Waals surface area contributed by atoms with E-state index in [9.17, 15) is 23.1 Å². The van der Waals surface area contributed by atoms with Crippen LogP contribution in [-0.2, 0) is 15.3 Å². The number of halogens is 4. The van der Waals surface area contributed by atoms with Crippen LogP contribution in [-0.4, -0.2) is 29.2 Å². The number of alkyl halides is 4. The molecule has 0 unspecified atom stereocenters. The van der Waals surface area contributed by atoms with Gasteiger partial charge in [0, 0.05) is 11.4 Å². The minimum absolute atomic E-state index is 0.0965. The lowest BCUT2D eigenvalue weighted by Gasteiger charge is -2.32. The van der Waals surface area contributed by atoms with Gasteiger partial charge in [0.15, 0.2) is 0 Å². The van der Waals surface area contributed by atoms with Crippen LogP contribution in [0.4, 0.5) is 13.2 Å². The highest BCUT2D eigenvalue weighted by molar-refractivity contribution is 6.18. The summed E-state index contributed by atoms with van der Waals surface area (Å²) < 4.78 is 40.7. The maximum absolute atomic E-state index is 12.2. The molecule has 0 aliphatic carbocycles. The van der Waals surface area contributed by atoms with Gasteiger partial charge in [0.25, 0.3) is 5.79 Å². The summed E-state index contributed by atoms with van der Waals surface area (Å²) in [6, 6.07) is 5.60. The first kappa shape index (κ1) is 15.7. The Morgan fingerprint density at radius 3 is 2.32 bits per heavy atom. The number of nitrogens with two attached hydrogens (primary N) is 1. The van der Waals surface area contributed by atoms with Crippen molar-refractivity contribution in [3.05, 3.63) is 35.9 Å². The lowest BCUT2D eigenvalue weighted by molar-refractivity contribution is -0.257. The topological polar surface area (TPSA) is 72.6 Å². The highest BCUT2D eigenvalue weighted by atomic mass is 35.5. The SMILES string of the molecule is N[C@@H](CCl)[C@@](O)(OC(=O)C(F)(F)F)c1ccccc1. The molecule has 0 spiro atoms. The maximum atomic E-state index is 12.2. The zero-order chi connectivity index (χ0) is 14.7. The summed E-state index contributed by atoms with van der Waals surface area (Å²) in [5.74, 6) is -5.59. The Bertz CT molecular complexity index is 441. The monoisotopic (exact) mass is 297 g/mol. The third kappa shape index (κ3) is 3.59. The number of esters is 1. The molecule has 0 amide bonds. The Balaban J connectivity index is 3.12. The molecule has 4 nitrogen and oxygen atoms in total. The van der Waals surface area contributed by atoms with Gasteiger partial charge in [0.2, 0.25) is 0 Å². The Hall–Kier alpha value is -1.31. The van der Waals surface area contributed by atoms with E-state index in [0.717, 1.165) is 0 Å². The number of ether oxygens (including phenoxy) is 1. The van der Waals surface area contributed by atoms with Gasteiger partial charge >= 0.3 is 12.1 Å². The van der Waals surface area contributed by atoms with Crippen molar-refractivity contribution in [2.24, 2.45) is 5.73 Å². The molecule has 0 aromatic heterocycles. The third-order valence-corrected chi connectivity index (χ3v) is 2.67. The van der Waals surface area contributed by atoms with Gasteiger partial charge in [-0.05, 0) is 0 Å². The number of carbonyl (C=O) groups excluding carboxylic acids is 1. The molecule has 1 aromatic rings. The first-order valence-corrected chi connectivity index (χ1v) is 5.65. The normalized spacial score (nSPS) is 16.5. The zero-order valence-corrected chi connectivity index (χ0v) is 10.3. The molecule has 0 saturated heterocycles. The molecule has 0 bridgehead atoms. The van der Waals surface area contributed by atoms with Crippen molar-refractivity contribution in [1.29, 1.82) is 0 Å². The van der Waals surface area contributed by atoms with E-state index in [1.165, 1.54) is 24.3 Å². The molecular formula is C11H11ClF3NO3. The van der Waals surface area contributed by atoms with E-state index in [0.29, 0.717) is 0 Å². The average molecular weight is 298 g/mol. The molecule has 2 atom stereocenters. The van der Waals surface area contributed by atoms with Crippen molar-refractivity contribution >= 4 is 17.6 Å². The number of hydrogen-bond acceptors (Lipinski definition) is 4. The van der Waals surface area contributed by atoms with Crippen molar-refractivity contribution < 1.29 is 27.8 Å². The first-order chi connectivity index (χ1) is 8.71. The average Bonchev–Trinajstić information content (AvgIpc) is 2.37. The van der Waals surface area contributed by atoms with Crippen molar-refractivity contribution in [2.45, 2.75) is 18.0 Å². The molecule has 8 heteroatoms. The quantitative estimate of drug-likeness (QED) is 0.502. The van der Waals surface area contributed by atoms with Crippen molar-refractivity contribution in [3.8, 4) is 0 Å². The van der Waals surface area contributed by atoms with Gasteiger partial charge in [-0.3, -0.25) is 0 Å². The molecule has 19 heavy (non-hydrogen) atoms. The standard InChI is InChI=1S/C11H11ClF3NO3/c12-6-8(16)10(18,7-4-2-1-3-5-7)19-9(17)11(13,14)15/h1-5,8,18H,6,16H2/t8-,10-/m0/s1. The largest absolute Gasteiger partial charge is 0.491 e. The van der Waals surface area contributed by atoms with E-state index in [2.05, 4.69) is 4.74 Å². The number of hydrogen-bond donors (Lipinski definition) is 2. The summed E-state index contributed by atoms with van der Waals surface area (Å²) in [6.45, 7) is 0. The van der Waals surface area contributed by atoms with Crippen LogP contribution in [0.15, 0.2) is 30.3 Å². The summed E-state index contributed by atoms with van der Waals surface area (Å²) in [5.41, 5.74) is 5.35. The fraction of sp³-hybridized carbons (Fsp3) is 0.364. The number of rotatable bonds is 4. The Kier molecular flexibility index (Phi) is 4.78. The second-order valence-corrected chi connectivity index (χ2v) is 4.02. The van der Waals surface area contributed by atoms with E-state index in [1.54, 1.807) is 6.07 Å². The summed E-state index contributed by atoms with van der Waals surface area (Å²) in [5, 5.41) is 10.1. The van der Waals surface area contributed by atoms with Gasteiger partial charge < -0.3 is 15.6 Å². The van der Waals surface area contributed by atoms with Crippen LogP contribution < -0.4 is 5.73 Å². The Labute approximate surface area is 111 Å². The predicted molar refractivity (Wildman–Crippen MR) is 61.2 cm³/mol. The van der Waals surface area contributed by atoms with Crippen molar-refractivity contribution in [3.63, 3.8) is 0 Å². The molecule has 1 rings (SSSR count). The summed E-state index contributed by atoms with van der Waals surface area (Å²) in [6.07, 6.45) is -5.24. The second kappa shape index (κ2) is 5.77. The molecule has 0 aliphatic rings. The number of aliphatic hydroxyl groups is 1. The number of carbonyl (C=O) groups is 1. The molecule has 0 heterocycles.